The molecule has 2 heterocycles. The number of aromatic hydroxyl groups is 2. The van der Waals surface area contributed by atoms with Gasteiger partial charge in [0.15, 0.2) is 17.2 Å². The maximum Gasteiger partial charge on any atom is 0.434 e. The van der Waals surface area contributed by atoms with Gasteiger partial charge in [-0.3, -0.25) is 4.79 Å². The van der Waals surface area contributed by atoms with Gasteiger partial charge in [0.2, 0.25) is 0 Å². The lowest BCUT2D eigenvalue weighted by Crippen LogP contribution is -2.36. The van der Waals surface area contributed by atoms with Crippen molar-refractivity contribution in [3.8, 4) is 17.2 Å². The number of para-hydroxylation sites is 1. The zero-order chi connectivity index (χ0) is 20.8. The summed E-state index contributed by atoms with van der Waals surface area (Å²) in [6, 6.07) is 10.5. The Morgan fingerprint density at radius 3 is 2.34 bits per heavy atom. The highest BCUT2D eigenvalue weighted by Gasteiger charge is 2.41. The number of benzene rings is 2. The number of phenolic OH excluding ortho intramolecular Hbond substituents is 2. The molecule has 9 heteroatoms. The lowest BCUT2D eigenvalue weighted by Gasteiger charge is -2.29. The zero-order valence-corrected chi connectivity index (χ0v) is 15.0. The van der Waals surface area contributed by atoms with E-state index in [0.717, 1.165) is 16.4 Å². The van der Waals surface area contributed by atoms with Gasteiger partial charge in [-0.15, -0.1) is 0 Å². The Balaban J connectivity index is 1.71. The number of rotatable bonds is 2. The van der Waals surface area contributed by atoms with Gasteiger partial charge in [0.1, 0.15) is 0 Å². The molecule has 0 fully saturated rings. The van der Waals surface area contributed by atoms with Crippen molar-refractivity contribution in [1.82, 2.24) is 14.7 Å². The second kappa shape index (κ2) is 6.84. The van der Waals surface area contributed by atoms with Crippen molar-refractivity contribution in [3.63, 3.8) is 0 Å². The molecule has 0 saturated carbocycles. The summed E-state index contributed by atoms with van der Waals surface area (Å²) in [6.07, 6.45) is -3.50. The van der Waals surface area contributed by atoms with Crippen LogP contribution in [-0.2, 0) is 19.1 Å². The number of phenols is 2. The number of fused-ring (bicyclic) bond motifs is 1. The van der Waals surface area contributed by atoms with Crippen molar-refractivity contribution in [1.29, 1.82) is 0 Å². The van der Waals surface area contributed by atoms with Gasteiger partial charge in [-0.2, -0.15) is 18.3 Å². The summed E-state index contributed by atoms with van der Waals surface area (Å²) in [5.74, 6) is -1.41. The third kappa shape index (κ3) is 3.39. The average Bonchev–Trinajstić information content (AvgIpc) is 3.14. The molecule has 0 saturated heterocycles. The normalized spacial score (nSPS) is 14.0. The van der Waals surface area contributed by atoms with Crippen LogP contribution < -0.4 is 0 Å². The van der Waals surface area contributed by atoms with Gasteiger partial charge in [0.25, 0.3) is 5.91 Å². The van der Waals surface area contributed by atoms with Crippen molar-refractivity contribution < 1.29 is 28.2 Å². The SMILES string of the molecule is O=C(c1cnn(-c2ccccc2)c1C(F)(F)F)N1CCc2cc(O)c(O)cc2C1. The minimum absolute atomic E-state index is 0.0236. The van der Waals surface area contributed by atoms with Gasteiger partial charge < -0.3 is 15.1 Å². The molecule has 0 radical (unpaired) electrons. The molecular formula is C20H16F3N3O3. The first kappa shape index (κ1) is 18.9. The molecule has 1 aliphatic rings. The number of carbonyl (C=O) groups is 1. The standard InChI is InChI=1S/C20H16F3N3O3/c21-20(22,23)18-15(10-24-26(18)14-4-2-1-3-5-14)19(29)25-7-6-12-8-16(27)17(28)9-13(12)11-25/h1-5,8-10,27-28H,6-7,11H2. The van der Waals surface area contributed by atoms with E-state index in [2.05, 4.69) is 5.10 Å². The van der Waals surface area contributed by atoms with Crippen LogP contribution in [0.5, 0.6) is 11.5 Å². The molecule has 0 atom stereocenters. The fourth-order valence-electron chi connectivity index (χ4n) is 3.47. The number of hydrogen-bond acceptors (Lipinski definition) is 4. The summed E-state index contributed by atoms with van der Waals surface area (Å²) in [5, 5.41) is 23.1. The molecular weight excluding hydrogens is 387 g/mol. The van der Waals surface area contributed by atoms with E-state index in [9.17, 15) is 28.2 Å². The molecule has 2 aromatic carbocycles. The van der Waals surface area contributed by atoms with Crippen LogP contribution in [0.2, 0.25) is 0 Å². The first-order valence-corrected chi connectivity index (χ1v) is 8.79. The Kier molecular flexibility index (Phi) is 4.45. The fraction of sp³-hybridized carbons (Fsp3) is 0.200. The van der Waals surface area contributed by atoms with Gasteiger partial charge in [-0.05, 0) is 41.8 Å². The monoisotopic (exact) mass is 403 g/mol. The van der Waals surface area contributed by atoms with Crippen molar-refractivity contribution in [2.75, 3.05) is 6.54 Å². The first-order chi connectivity index (χ1) is 13.8. The van der Waals surface area contributed by atoms with Crippen LogP contribution in [0, 0.1) is 0 Å². The summed E-state index contributed by atoms with van der Waals surface area (Å²) in [7, 11) is 0. The number of carbonyl (C=O) groups excluding carboxylic acids is 1. The molecule has 2 N–H and O–H groups in total. The van der Waals surface area contributed by atoms with E-state index >= 15 is 0 Å². The van der Waals surface area contributed by atoms with Gasteiger partial charge in [-0.1, -0.05) is 18.2 Å². The van der Waals surface area contributed by atoms with Crippen molar-refractivity contribution in [2.45, 2.75) is 19.1 Å². The quantitative estimate of drug-likeness (QED) is 0.642. The number of halogens is 3. The molecule has 1 aliphatic heterocycles. The Morgan fingerprint density at radius 1 is 1.03 bits per heavy atom. The van der Waals surface area contributed by atoms with E-state index in [0.29, 0.717) is 12.0 Å². The lowest BCUT2D eigenvalue weighted by atomic mass is 9.98. The predicted octanol–water partition coefficient (Wildman–Crippen LogP) is 3.50. The van der Waals surface area contributed by atoms with Gasteiger partial charge in [0.05, 0.1) is 17.4 Å². The summed E-state index contributed by atoms with van der Waals surface area (Å²) in [4.78, 5) is 14.2. The van der Waals surface area contributed by atoms with Gasteiger partial charge in [-0.25, -0.2) is 4.68 Å². The molecule has 1 aromatic heterocycles. The molecule has 150 valence electrons. The molecule has 3 aromatic rings. The minimum atomic E-state index is -4.78. The first-order valence-electron chi connectivity index (χ1n) is 8.79. The fourth-order valence-corrected chi connectivity index (χ4v) is 3.47. The molecule has 6 nitrogen and oxygen atoms in total. The number of hydrogen-bond donors (Lipinski definition) is 2. The number of amides is 1. The second-order valence-corrected chi connectivity index (χ2v) is 6.74. The van der Waals surface area contributed by atoms with Crippen molar-refractivity contribution in [2.24, 2.45) is 0 Å². The van der Waals surface area contributed by atoms with E-state index in [1.165, 1.54) is 29.2 Å². The highest BCUT2D eigenvalue weighted by Crippen LogP contribution is 2.36. The van der Waals surface area contributed by atoms with Crippen molar-refractivity contribution >= 4 is 5.91 Å². The molecule has 0 spiro atoms. The van der Waals surface area contributed by atoms with E-state index in [1.807, 2.05) is 0 Å². The molecule has 4 rings (SSSR count). The minimum Gasteiger partial charge on any atom is -0.504 e. The second-order valence-electron chi connectivity index (χ2n) is 6.74. The van der Waals surface area contributed by atoms with E-state index in [-0.39, 0.29) is 30.3 Å². The third-order valence-electron chi connectivity index (χ3n) is 4.87. The van der Waals surface area contributed by atoms with Crippen LogP contribution in [0.25, 0.3) is 5.69 Å². The van der Waals surface area contributed by atoms with E-state index < -0.39 is 23.3 Å². The van der Waals surface area contributed by atoms with E-state index in [1.54, 1.807) is 18.2 Å². The highest BCUT2D eigenvalue weighted by atomic mass is 19.4. The molecule has 1 amide bonds. The van der Waals surface area contributed by atoms with Crippen LogP contribution in [0.4, 0.5) is 13.2 Å². The number of alkyl halides is 3. The van der Waals surface area contributed by atoms with Crippen LogP contribution >= 0.6 is 0 Å². The summed E-state index contributed by atoms with van der Waals surface area (Å²) in [6.45, 7) is 0.208. The molecule has 29 heavy (non-hydrogen) atoms. The number of aromatic nitrogens is 2. The van der Waals surface area contributed by atoms with Crippen LogP contribution in [0.15, 0.2) is 48.7 Å². The Labute approximate surface area is 163 Å². The van der Waals surface area contributed by atoms with Gasteiger partial charge >= 0.3 is 6.18 Å². The summed E-state index contributed by atoms with van der Waals surface area (Å²) < 4.78 is 42.1. The van der Waals surface area contributed by atoms with E-state index in [4.69, 9.17) is 0 Å². The van der Waals surface area contributed by atoms with Crippen LogP contribution in [0.1, 0.15) is 27.2 Å². The molecule has 0 unspecified atom stereocenters. The lowest BCUT2D eigenvalue weighted by molar-refractivity contribution is -0.143. The highest BCUT2D eigenvalue weighted by molar-refractivity contribution is 5.95. The summed E-state index contributed by atoms with van der Waals surface area (Å²) >= 11 is 0. The Hall–Kier alpha value is -3.49. The predicted molar refractivity (Wildman–Crippen MR) is 96.8 cm³/mol. The Morgan fingerprint density at radius 2 is 1.69 bits per heavy atom. The number of nitrogens with zero attached hydrogens (tertiary/aromatic N) is 3. The van der Waals surface area contributed by atoms with Gasteiger partial charge in [0, 0.05) is 13.1 Å². The Bertz CT molecular complexity index is 1080. The summed E-state index contributed by atoms with van der Waals surface area (Å²) in [5.41, 5.74) is -0.159. The zero-order valence-electron chi connectivity index (χ0n) is 15.0. The van der Waals surface area contributed by atoms with Crippen LogP contribution in [0.3, 0.4) is 0 Å². The largest absolute Gasteiger partial charge is 0.504 e. The average molecular weight is 403 g/mol. The van der Waals surface area contributed by atoms with Crippen molar-refractivity contribution in [3.05, 3.63) is 71.0 Å². The topological polar surface area (TPSA) is 78.6 Å². The molecule has 0 aliphatic carbocycles. The smallest absolute Gasteiger partial charge is 0.434 e. The maximum atomic E-state index is 13.8. The maximum absolute atomic E-state index is 13.8. The van der Waals surface area contributed by atoms with Crippen LogP contribution in [-0.4, -0.2) is 37.3 Å². The third-order valence-corrected chi connectivity index (χ3v) is 4.87. The molecule has 0 bridgehead atoms.